The Kier molecular flexibility index (Phi) is 4.18. The van der Waals surface area contributed by atoms with Gasteiger partial charge in [0.15, 0.2) is 0 Å². The number of amides is 1. The molecule has 4 nitrogen and oxygen atoms in total. The van der Waals surface area contributed by atoms with Gasteiger partial charge in [-0.25, -0.2) is 0 Å². The summed E-state index contributed by atoms with van der Waals surface area (Å²) in [6, 6.07) is 0. The number of hydrogen-bond acceptors (Lipinski definition) is 3. The number of likely N-dealkylation sites (tertiary alicyclic amines) is 1. The standard InChI is InChI=1S/C12H21NO3/c1-2-15-9-12(14)13-6-5-11(7-13)16-8-10-3-4-10/h10-11H,2-9H2,1H3. The van der Waals surface area contributed by atoms with E-state index in [2.05, 4.69) is 0 Å². The second kappa shape index (κ2) is 5.64. The number of ether oxygens (including phenoxy) is 2. The first-order chi connectivity index (χ1) is 7.79. The normalized spacial score (nSPS) is 25.1. The highest BCUT2D eigenvalue weighted by Gasteiger charge is 2.29. The second-order valence-electron chi connectivity index (χ2n) is 4.66. The Labute approximate surface area is 96.9 Å². The molecule has 0 aromatic carbocycles. The third-order valence-electron chi connectivity index (χ3n) is 3.19. The molecule has 1 amide bonds. The van der Waals surface area contributed by atoms with Gasteiger partial charge < -0.3 is 14.4 Å². The van der Waals surface area contributed by atoms with Crippen molar-refractivity contribution in [3.63, 3.8) is 0 Å². The van der Waals surface area contributed by atoms with Crippen LogP contribution < -0.4 is 0 Å². The van der Waals surface area contributed by atoms with Crippen LogP contribution in [0.1, 0.15) is 26.2 Å². The maximum Gasteiger partial charge on any atom is 0.248 e. The predicted octanol–water partition coefficient (Wildman–Crippen LogP) is 1.05. The molecule has 16 heavy (non-hydrogen) atoms. The van der Waals surface area contributed by atoms with E-state index < -0.39 is 0 Å². The van der Waals surface area contributed by atoms with Crippen LogP contribution in [0.15, 0.2) is 0 Å². The van der Waals surface area contributed by atoms with Crippen LogP contribution in [0, 0.1) is 5.92 Å². The van der Waals surface area contributed by atoms with Crippen LogP contribution in [0.2, 0.25) is 0 Å². The number of rotatable bonds is 6. The summed E-state index contributed by atoms with van der Waals surface area (Å²) in [7, 11) is 0. The van der Waals surface area contributed by atoms with Crippen LogP contribution in [0.3, 0.4) is 0 Å². The zero-order valence-corrected chi connectivity index (χ0v) is 9.98. The quantitative estimate of drug-likeness (QED) is 0.681. The molecule has 2 aliphatic rings. The highest BCUT2D eigenvalue weighted by atomic mass is 16.5. The third-order valence-corrected chi connectivity index (χ3v) is 3.19. The molecule has 1 unspecified atom stereocenters. The number of nitrogens with zero attached hydrogens (tertiary/aromatic N) is 1. The molecule has 0 aromatic rings. The maximum absolute atomic E-state index is 11.6. The Bertz CT molecular complexity index is 240. The van der Waals surface area contributed by atoms with Gasteiger partial charge in [0, 0.05) is 26.3 Å². The van der Waals surface area contributed by atoms with Gasteiger partial charge in [-0.1, -0.05) is 0 Å². The SMILES string of the molecule is CCOCC(=O)N1CCC(OCC2CC2)C1. The molecule has 0 aromatic heterocycles. The minimum absolute atomic E-state index is 0.0966. The molecule has 4 heteroatoms. The first-order valence-electron chi connectivity index (χ1n) is 6.26. The Morgan fingerprint density at radius 3 is 2.88 bits per heavy atom. The van der Waals surface area contributed by atoms with Gasteiger partial charge in [-0.05, 0) is 32.1 Å². The van der Waals surface area contributed by atoms with Gasteiger partial charge in [0.2, 0.25) is 5.91 Å². The fourth-order valence-electron chi connectivity index (χ4n) is 1.93. The monoisotopic (exact) mass is 227 g/mol. The van der Waals surface area contributed by atoms with Crippen LogP contribution >= 0.6 is 0 Å². The van der Waals surface area contributed by atoms with Crippen LogP contribution in [-0.4, -0.2) is 49.8 Å². The number of hydrogen-bond donors (Lipinski definition) is 0. The van der Waals surface area contributed by atoms with Crippen LogP contribution in [0.5, 0.6) is 0 Å². The van der Waals surface area contributed by atoms with E-state index in [1.165, 1.54) is 12.8 Å². The second-order valence-corrected chi connectivity index (χ2v) is 4.66. The van der Waals surface area contributed by atoms with Crippen molar-refractivity contribution >= 4 is 5.91 Å². The minimum Gasteiger partial charge on any atom is -0.376 e. The summed E-state index contributed by atoms with van der Waals surface area (Å²) in [5.41, 5.74) is 0. The predicted molar refractivity (Wildman–Crippen MR) is 60.2 cm³/mol. The average molecular weight is 227 g/mol. The van der Waals surface area contributed by atoms with E-state index in [1.807, 2.05) is 11.8 Å². The van der Waals surface area contributed by atoms with E-state index in [1.54, 1.807) is 0 Å². The Morgan fingerprint density at radius 1 is 1.38 bits per heavy atom. The fraction of sp³-hybridized carbons (Fsp3) is 0.917. The summed E-state index contributed by atoms with van der Waals surface area (Å²) in [4.78, 5) is 13.5. The number of carbonyl (C=O) groups is 1. The Morgan fingerprint density at radius 2 is 2.19 bits per heavy atom. The van der Waals surface area contributed by atoms with Crippen molar-refractivity contribution in [3.05, 3.63) is 0 Å². The molecule has 1 atom stereocenters. The lowest BCUT2D eigenvalue weighted by Crippen LogP contribution is -2.33. The van der Waals surface area contributed by atoms with Crippen LogP contribution in [-0.2, 0) is 14.3 Å². The van der Waals surface area contributed by atoms with Crippen molar-refractivity contribution in [3.8, 4) is 0 Å². The average Bonchev–Trinajstić information content (AvgIpc) is 3.00. The van der Waals surface area contributed by atoms with E-state index in [0.29, 0.717) is 6.61 Å². The van der Waals surface area contributed by atoms with Crippen LogP contribution in [0.4, 0.5) is 0 Å². The van der Waals surface area contributed by atoms with Gasteiger partial charge in [0.05, 0.1) is 6.10 Å². The van der Waals surface area contributed by atoms with Crippen molar-refractivity contribution in [2.45, 2.75) is 32.3 Å². The van der Waals surface area contributed by atoms with E-state index in [9.17, 15) is 4.79 Å². The molecular weight excluding hydrogens is 206 g/mol. The lowest BCUT2D eigenvalue weighted by Gasteiger charge is -2.16. The molecule has 0 spiro atoms. The summed E-state index contributed by atoms with van der Waals surface area (Å²) in [5.74, 6) is 0.896. The molecule has 1 saturated carbocycles. The first-order valence-corrected chi connectivity index (χ1v) is 6.26. The van der Waals surface area contributed by atoms with E-state index in [0.717, 1.165) is 32.0 Å². The zero-order chi connectivity index (χ0) is 11.4. The number of carbonyl (C=O) groups excluding carboxylic acids is 1. The van der Waals surface area contributed by atoms with Crippen molar-refractivity contribution < 1.29 is 14.3 Å². The van der Waals surface area contributed by atoms with Gasteiger partial charge in [-0.3, -0.25) is 4.79 Å². The smallest absolute Gasteiger partial charge is 0.248 e. The molecule has 0 N–H and O–H groups in total. The van der Waals surface area contributed by atoms with Crippen LogP contribution in [0.25, 0.3) is 0 Å². The molecule has 1 aliphatic heterocycles. The molecule has 2 fully saturated rings. The minimum atomic E-state index is 0.0966. The molecule has 0 radical (unpaired) electrons. The summed E-state index contributed by atoms with van der Waals surface area (Å²) < 4.78 is 10.9. The van der Waals surface area contributed by atoms with Crippen molar-refractivity contribution in [1.29, 1.82) is 0 Å². The van der Waals surface area contributed by atoms with E-state index in [4.69, 9.17) is 9.47 Å². The van der Waals surface area contributed by atoms with Gasteiger partial charge in [0.25, 0.3) is 0 Å². The molecule has 1 aliphatic carbocycles. The van der Waals surface area contributed by atoms with Gasteiger partial charge in [0.1, 0.15) is 6.61 Å². The lowest BCUT2D eigenvalue weighted by molar-refractivity contribution is -0.135. The molecule has 1 heterocycles. The summed E-state index contributed by atoms with van der Waals surface area (Å²) in [6.45, 7) is 5.17. The molecule has 0 bridgehead atoms. The summed E-state index contributed by atoms with van der Waals surface area (Å²) >= 11 is 0. The lowest BCUT2D eigenvalue weighted by atomic mass is 10.3. The highest BCUT2D eigenvalue weighted by Crippen LogP contribution is 2.29. The van der Waals surface area contributed by atoms with Gasteiger partial charge >= 0.3 is 0 Å². The summed E-state index contributed by atoms with van der Waals surface area (Å²) in [6.07, 6.45) is 3.87. The Balaban J connectivity index is 1.63. The largest absolute Gasteiger partial charge is 0.376 e. The first kappa shape index (κ1) is 11.9. The molecule has 92 valence electrons. The molecule has 1 saturated heterocycles. The van der Waals surface area contributed by atoms with Gasteiger partial charge in [-0.2, -0.15) is 0 Å². The van der Waals surface area contributed by atoms with Crippen molar-refractivity contribution in [2.75, 3.05) is 32.9 Å². The molecule has 2 rings (SSSR count). The Hall–Kier alpha value is -0.610. The maximum atomic E-state index is 11.6. The third kappa shape index (κ3) is 3.46. The van der Waals surface area contributed by atoms with Gasteiger partial charge in [-0.15, -0.1) is 0 Å². The highest BCUT2D eigenvalue weighted by molar-refractivity contribution is 5.77. The van der Waals surface area contributed by atoms with Crippen molar-refractivity contribution in [1.82, 2.24) is 4.90 Å². The van der Waals surface area contributed by atoms with Crippen molar-refractivity contribution in [2.24, 2.45) is 5.92 Å². The summed E-state index contributed by atoms with van der Waals surface area (Å²) in [5, 5.41) is 0. The van der Waals surface area contributed by atoms with E-state index in [-0.39, 0.29) is 18.6 Å². The zero-order valence-electron chi connectivity index (χ0n) is 9.98. The topological polar surface area (TPSA) is 38.8 Å². The molecular formula is C12H21NO3. The van der Waals surface area contributed by atoms with E-state index >= 15 is 0 Å². The fourth-order valence-corrected chi connectivity index (χ4v) is 1.93.